The zero-order valence-electron chi connectivity index (χ0n) is 16.9. The van der Waals surface area contributed by atoms with Crippen LogP contribution in [0.15, 0.2) is 70.3 Å². The molecule has 0 aliphatic carbocycles. The average Bonchev–Trinajstić information content (AvgIpc) is 2.79. The molecule has 1 fully saturated rings. The van der Waals surface area contributed by atoms with Gasteiger partial charge < -0.3 is 15.5 Å². The smallest absolute Gasteiger partial charge is 0.393 e. The number of hydrogen-bond donors (Lipinski definition) is 1. The Kier molecular flexibility index (Phi) is 7.40. The van der Waals surface area contributed by atoms with E-state index in [9.17, 15) is 22.4 Å². The second kappa shape index (κ2) is 10.0. The van der Waals surface area contributed by atoms with Crippen molar-refractivity contribution in [3.8, 4) is 0 Å². The lowest BCUT2D eigenvalue weighted by Gasteiger charge is -2.36. The lowest BCUT2D eigenvalue weighted by Crippen LogP contribution is -2.49. The van der Waals surface area contributed by atoms with Gasteiger partial charge in [-0.1, -0.05) is 41.9 Å². The topological polar surface area (TPSA) is 61.9 Å². The summed E-state index contributed by atoms with van der Waals surface area (Å²) in [5.74, 6) is -0.666. The number of nitrogens with zero attached hydrogens (tertiary/aromatic N) is 3. The summed E-state index contributed by atoms with van der Waals surface area (Å²) in [7, 11) is 0. The van der Waals surface area contributed by atoms with Crippen LogP contribution in [0.2, 0.25) is 0 Å². The van der Waals surface area contributed by atoms with Crippen LogP contribution in [0.5, 0.6) is 0 Å². The SMILES string of the molecule is NC(=C(Cl)C(=NCC(=O)N1CCN(c2ccc(F)cc2)CC1)c1ccccc1)C(F)(F)F. The minimum absolute atomic E-state index is 0.194. The number of anilines is 1. The molecule has 1 amide bonds. The number of amides is 1. The Bertz CT molecular complexity index is 999. The highest BCUT2D eigenvalue weighted by molar-refractivity contribution is 6.46. The quantitative estimate of drug-likeness (QED) is 0.534. The summed E-state index contributed by atoms with van der Waals surface area (Å²) in [5.41, 5.74) is 4.68. The molecule has 0 aromatic heterocycles. The fraction of sp³-hybridized carbons (Fsp3) is 0.273. The van der Waals surface area contributed by atoms with Crippen molar-refractivity contribution in [2.45, 2.75) is 6.18 Å². The molecule has 0 saturated carbocycles. The number of alkyl halides is 3. The number of piperazine rings is 1. The molecule has 0 unspecified atom stereocenters. The van der Waals surface area contributed by atoms with Crippen LogP contribution >= 0.6 is 11.6 Å². The number of allylic oxidation sites excluding steroid dienone is 2. The molecule has 32 heavy (non-hydrogen) atoms. The Morgan fingerprint density at radius 3 is 2.16 bits per heavy atom. The van der Waals surface area contributed by atoms with E-state index < -0.39 is 16.9 Å². The van der Waals surface area contributed by atoms with Crippen LogP contribution < -0.4 is 10.6 Å². The van der Waals surface area contributed by atoms with Gasteiger partial charge in [0, 0.05) is 37.4 Å². The molecule has 2 aromatic carbocycles. The first-order valence-electron chi connectivity index (χ1n) is 9.78. The number of rotatable bonds is 5. The lowest BCUT2D eigenvalue weighted by atomic mass is 10.1. The van der Waals surface area contributed by atoms with Gasteiger partial charge in [-0.15, -0.1) is 0 Å². The maximum absolute atomic E-state index is 13.1. The van der Waals surface area contributed by atoms with Gasteiger partial charge in [0.25, 0.3) is 0 Å². The summed E-state index contributed by atoms with van der Waals surface area (Å²) in [5, 5.41) is -0.752. The van der Waals surface area contributed by atoms with E-state index in [1.807, 2.05) is 4.90 Å². The van der Waals surface area contributed by atoms with Crippen molar-refractivity contribution in [3.05, 3.63) is 76.7 Å². The van der Waals surface area contributed by atoms with Crippen molar-refractivity contribution >= 4 is 28.9 Å². The van der Waals surface area contributed by atoms with Gasteiger partial charge >= 0.3 is 6.18 Å². The molecule has 1 aliphatic rings. The summed E-state index contributed by atoms with van der Waals surface area (Å²) in [6.45, 7) is 1.51. The van der Waals surface area contributed by atoms with Crippen LogP contribution in [0.1, 0.15) is 5.56 Å². The molecule has 1 saturated heterocycles. The highest BCUT2D eigenvalue weighted by Gasteiger charge is 2.35. The van der Waals surface area contributed by atoms with Gasteiger partial charge in [-0.3, -0.25) is 9.79 Å². The number of aliphatic imine (C=N–C) groups is 1. The second-order valence-electron chi connectivity index (χ2n) is 7.10. The molecule has 3 rings (SSSR count). The van der Waals surface area contributed by atoms with Crippen molar-refractivity contribution in [1.82, 2.24) is 4.90 Å². The molecule has 1 heterocycles. The average molecular weight is 469 g/mol. The van der Waals surface area contributed by atoms with Gasteiger partial charge in [-0.25, -0.2) is 4.39 Å². The van der Waals surface area contributed by atoms with Crippen molar-refractivity contribution < 1.29 is 22.4 Å². The Labute approximate surface area is 187 Å². The van der Waals surface area contributed by atoms with E-state index in [-0.39, 0.29) is 24.0 Å². The molecule has 0 atom stereocenters. The molecule has 2 N–H and O–H groups in total. The molecule has 0 radical (unpaired) electrons. The predicted octanol–water partition coefficient (Wildman–Crippen LogP) is 3.94. The van der Waals surface area contributed by atoms with Gasteiger partial charge in [0.15, 0.2) is 0 Å². The fourth-order valence-corrected chi connectivity index (χ4v) is 3.52. The molecule has 5 nitrogen and oxygen atoms in total. The zero-order valence-corrected chi connectivity index (χ0v) is 17.7. The Hall–Kier alpha value is -3.07. The summed E-state index contributed by atoms with van der Waals surface area (Å²) in [4.78, 5) is 20.3. The molecule has 2 aromatic rings. The lowest BCUT2D eigenvalue weighted by molar-refractivity contribution is -0.129. The fourth-order valence-electron chi connectivity index (χ4n) is 3.25. The molecule has 170 valence electrons. The Morgan fingerprint density at radius 1 is 1.00 bits per heavy atom. The van der Waals surface area contributed by atoms with E-state index in [1.165, 1.54) is 24.3 Å². The molecule has 0 bridgehead atoms. The Morgan fingerprint density at radius 2 is 1.59 bits per heavy atom. The van der Waals surface area contributed by atoms with Crippen LogP contribution in [0.25, 0.3) is 0 Å². The number of carbonyl (C=O) groups is 1. The van der Waals surface area contributed by atoms with Gasteiger partial charge in [0.05, 0.1) is 10.7 Å². The standard InChI is InChI=1S/C22H21ClF4N4O/c23-19(21(28)22(25,26)27)20(15-4-2-1-3-5-15)29-14-18(32)31-12-10-30(11-13-31)17-8-6-16(24)7-9-17/h1-9H,10-14,28H2. The predicted molar refractivity (Wildman–Crippen MR) is 116 cm³/mol. The third-order valence-corrected chi connectivity index (χ3v) is 5.38. The van der Waals surface area contributed by atoms with E-state index in [0.717, 1.165) is 5.69 Å². The molecule has 0 spiro atoms. The van der Waals surface area contributed by atoms with Crippen LogP contribution in [0.3, 0.4) is 0 Å². The summed E-state index contributed by atoms with van der Waals surface area (Å²) >= 11 is 5.93. The normalized spacial score (nSPS) is 16.1. The number of halogens is 5. The molecule has 1 aliphatic heterocycles. The largest absolute Gasteiger partial charge is 0.432 e. The van der Waals surface area contributed by atoms with Crippen molar-refractivity contribution in [1.29, 1.82) is 0 Å². The van der Waals surface area contributed by atoms with Crippen molar-refractivity contribution in [3.63, 3.8) is 0 Å². The van der Waals surface area contributed by atoms with E-state index in [2.05, 4.69) is 4.99 Å². The number of benzene rings is 2. The molecule has 10 heteroatoms. The first-order chi connectivity index (χ1) is 15.2. The van der Waals surface area contributed by atoms with Crippen LogP contribution in [0, 0.1) is 5.82 Å². The second-order valence-corrected chi connectivity index (χ2v) is 7.48. The maximum atomic E-state index is 13.1. The summed E-state index contributed by atoms with van der Waals surface area (Å²) < 4.78 is 52.2. The first-order valence-corrected chi connectivity index (χ1v) is 10.2. The van der Waals surface area contributed by atoms with E-state index >= 15 is 0 Å². The Balaban J connectivity index is 1.72. The minimum atomic E-state index is -4.83. The number of nitrogens with two attached hydrogens (primary N) is 1. The summed E-state index contributed by atoms with van der Waals surface area (Å²) in [6, 6.07) is 14.1. The number of carbonyl (C=O) groups excluding carboxylic acids is 1. The van der Waals surface area contributed by atoms with Crippen LogP contribution in [0.4, 0.5) is 23.2 Å². The highest BCUT2D eigenvalue weighted by atomic mass is 35.5. The number of hydrogen-bond acceptors (Lipinski definition) is 4. The van der Waals surface area contributed by atoms with Crippen molar-refractivity contribution in [2.24, 2.45) is 10.7 Å². The molecular formula is C22H21ClF4N4O. The van der Waals surface area contributed by atoms with Crippen molar-refractivity contribution in [2.75, 3.05) is 37.6 Å². The van der Waals surface area contributed by atoms with Gasteiger partial charge in [0.2, 0.25) is 5.91 Å². The van der Waals surface area contributed by atoms with Crippen LogP contribution in [-0.2, 0) is 4.79 Å². The van der Waals surface area contributed by atoms with Gasteiger partial charge in [-0.2, -0.15) is 13.2 Å². The highest BCUT2D eigenvalue weighted by Crippen LogP contribution is 2.28. The minimum Gasteiger partial charge on any atom is -0.393 e. The third kappa shape index (κ3) is 5.79. The van der Waals surface area contributed by atoms with E-state index in [0.29, 0.717) is 31.7 Å². The van der Waals surface area contributed by atoms with Gasteiger partial charge in [-0.05, 0) is 24.3 Å². The van der Waals surface area contributed by atoms with E-state index in [4.69, 9.17) is 17.3 Å². The van der Waals surface area contributed by atoms with E-state index in [1.54, 1.807) is 35.2 Å². The molecular weight excluding hydrogens is 448 g/mol. The first kappa shape index (κ1) is 23.6. The zero-order chi connectivity index (χ0) is 23.3. The maximum Gasteiger partial charge on any atom is 0.432 e. The summed E-state index contributed by atoms with van der Waals surface area (Å²) in [6.07, 6.45) is -4.83. The van der Waals surface area contributed by atoms with Gasteiger partial charge in [0.1, 0.15) is 18.1 Å². The van der Waals surface area contributed by atoms with Crippen LogP contribution in [-0.4, -0.2) is 55.4 Å². The third-order valence-electron chi connectivity index (χ3n) is 4.99. The monoisotopic (exact) mass is 468 g/mol.